The number of pyridine rings is 1. The lowest BCUT2D eigenvalue weighted by molar-refractivity contribution is -0.134. The number of nitrogens with zero attached hydrogens (tertiary/aromatic N) is 2. The molecule has 0 bridgehead atoms. The maximum absolute atomic E-state index is 13.6. The molecule has 8 heteroatoms. The second-order valence-corrected chi connectivity index (χ2v) is 7.62. The highest BCUT2D eigenvalue weighted by molar-refractivity contribution is 6.07. The molecule has 1 atom stereocenters. The number of piperidine rings is 1. The lowest BCUT2D eigenvalue weighted by Crippen LogP contribution is -2.56. The molecule has 2 fully saturated rings. The van der Waals surface area contributed by atoms with Crippen molar-refractivity contribution in [2.24, 2.45) is 5.92 Å². The van der Waals surface area contributed by atoms with Crippen LogP contribution in [0, 0.1) is 5.92 Å². The molecule has 6 nitrogen and oxygen atoms in total. The van der Waals surface area contributed by atoms with Crippen LogP contribution in [0.25, 0.3) is 0 Å². The molecule has 162 valence electrons. The number of carbonyl (C=O) groups excluding carboxylic acids is 2. The Morgan fingerprint density at radius 2 is 1.70 bits per heavy atom. The molecule has 0 spiro atoms. The number of benzene rings is 1. The van der Waals surface area contributed by atoms with E-state index in [1.54, 1.807) is 6.20 Å². The van der Waals surface area contributed by atoms with Gasteiger partial charge in [0.2, 0.25) is 0 Å². The van der Waals surface area contributed by atoms with E-state index in [9.17, 15) is 9.59 Å². The van der Waals surface area contributed by atoms with Crippen molar-refractivity contribution in [3.8, 4) is 0 Å². The average molecular weight is 451 g/mol. The van der Waals surface area contributed by atoms with Gasteiger partial charge in [-0.15, -0.1) is 24.8 Å². The van der Waals surface area contributed by atoms with E-state index in [0.717, 1.165) is 38.0 Å². The van der Waals surface area contributed by atoms with Crippen molar-refractivity contribution >= 4 is 36.8 Å². The summed E-state index contributed by atoms with van der Waals surface area (Å²) in [6, 6.07) is 15.4. The smallest absolute Gasteiger partial charge is 0.323 e. The number of aryl methyl sites for hydroxylation is 1. The van der Waals surface area contributed by atoms with Gasteiger partial charge in [0, 0.05) is 6.20 Å². The van der Waals surface area contributed by atoms with Crippen LogP contribution in [-0.2, 0) is 17.8 Å². The van der Waals surface area contributed by atoms with E-state index >= 15 is 0 Å². The molecule has 2 aliphatic heterocycles. The third-order valence-corrected chi connectivity index (χ3v) is 5.94. The van der Waals surface area contributed by atoms with Crippen LogP contribution in [0.5, 0.6) is 0 Å². The quantitative estimate of drug-likeness (QED) is 0.661. The van der Waals surface area contributed by atoms with Gasteiger partial charge >= 0.3 is 6.03 Å². The molecule has 2 saturated heterocycles. The van der Waals surface area contributed by atoms with Crippen molar-refractivity contribution in [3.05, 3.63) is 66.0 Å². The minimum Gasteiger partial charge on any atom is -0.323 e. The summed E-state index contributed by atoms with van der Waals surface area (Å²) in [6.45, 7) is 1.96. The number of carbonyl (C=O) groups is 2. The Bertz CT molecular complexity index is 832. The topological polar surface area (TPSA) is 74.3 Å². The molecule has 4 rings (SSSR count). The normalized spacial score (nSPS) is 21.5. The number of imide groups is 1. The molecule has 0 radical (unpaired) electrons. The number of amides is 3. The lowest BCUT2D eigenvalue weighted by Gasteiger charge is -2.38. The van der Waals surface area contributed by atoms with E-state index in [1.165, 1.54) is 10.5 Å². The number of hydrogen-bond donors (Lipinski definition) is 2. The first-order valence-corrected chi connectivity index (χ1v) is 9.98. The zero-order valence-corrected chi connectivity index (χ0v) is 18.4. The summed E-state index contributed by atoms with van der Waals surface area (Å²) in [7, 11) is 0. The fourth-order valence-corrected chi connectivity index (χ4v) is 4.39. The minimum absolute atomic E-state index is 0. The van der Waals surface area contributed by atoms with Gasteiger partial charge in [-0.25, -0.2) is 4.79 Å². The van der Waals surface area contributed by atoms with Gasteiger partial charge in [0.05, 0.1) is 12.2 Å². The maximum atomic E-state index is 13.6. The Balaban J connectivity index is 0.00000160. The number of urea groups is 1. The van der Waals surface area contributed by atoms with Gasteiger partial charge in [0.1, 0.15) is 5.54 Å². The average Bonchev–Trinajstić information content (AvgIpc) is 2.99. The molecule has 3 heterocycles. The lowest BCUT2D eigenvalue weighted by atomic mass is 9.74. The van der Waals surface area contributed by atoms with E-state index < -0.39 is 5.54 Å². The van der Waals surface area contributed by atoms with Crippen LogP contribution in [0.1, 0.15) is 30.5 Å². The van der Waals surface area contributed by atoms with Crippen LogP contribution in [0.15, 0.2) is 54.7 Å². The molecular weight excluding hydrogens is 423 g/mol. The molecule has 3 amide bonds. The van der Waals surface area contributed by atoms with Crippen molar-refractivity contribution < 1.29 is 9.59 Å². The maximum Gasteiger partial charge on any atom is 0.325 e. The Morgan fingerprint density at radius 3 is 2.37 bits per heavy atom. The fraction of sp³-hybridized carbons (Fsp3) is 0.409. The van der Waals surface area contributed by atoms with Crippen LogP contribution >= 0.6 is 24.8 Å². The zero-order chi connectivity index (χ0) is 19.4. The van der Waals surface area contributed by atoms with Crippen molar-refractivity contribution in [1.82, 2.24) is 20.5 Å². The first-order valence-electron chi connectivity index (χ1n) is 9.98. The summed E-state index contributed by atoms with van der Waals surface area (Å²) in [4.78, 5) is 32.0. The number of hydrogen-bond acceptors (Lipinski definition) is 4. The SMILES string of the molecule is Cl.Cl.O=C1NC(CCc2ccccc2)(C2CCNCC2)C(=O)N1Cc1ccccn1. The first kappa shape index (κ1) is 24.1. The van der Waals surface area contributed by atoms with E-state index in [0.29, 0.717) is 6.42 Å². The largest absolute Gasteiger partial charge is 0.325 e. The molecule has 2 aromatic rings. The molecule has 30 heavy (non-hydrogen) atoms. The monoisotopic (exact) mass is 450 g/mol. The summed E-state index contributed by atoms with van der Waals surface area (Å²) in [5.41, 5.74) is 1.07. The van der Waals surface area contributed by atoms with Gasteiger partial charge < -0.3 is 10.6 Å². The van der Waals surface area contributed by atoms with E-state index in [-0.39, 0.29) is 49.2 Å². The van der Waals surface area contributed by atoms with Crippen LogP contribution in [0.2, 0.25) is 0 Å². The van der Waals surface area contributed by atoms with Gasteiger partial charge in [-0.2, -0.15) is 0 Å². The predicted octanol–water partition coefficient (Wildman–Crippen LogP) is 3.35. The van der Waals surface area contributed by atoms with E-state index in [2.05, 4.69) is 27.8 Å². The van der Waals surface area contributed by atoms with E-state index in [1.807, 2.05) is 36.4 Å². The van der Waals surface area contributed by atoms with Gasteiger partial charge in [0.25, 0.3) is 5.91 Å². The van der Waals surface area contributed by atoms with Gasteiger partial charge in [-0.3, -0.25) is 14.7 Å². The molecule has 1 unspecified atom stereocenters. The Kier molecular flexibility index (Phi) is 8.65. The number of rotatable bonds is 6. The van der Waals surface area contributed by atoms with Crippen LogP contribution in [0.4, 0.5) is 4.79 Å². The zero-order valence-electron chi connectivity index (χ0n) is 16.8. The van der Waals surface area contributed by atoms with Crippen molar-refractivity contribution in [2.45, 2.75) is 37.8 Å². The highest BCUT2D eigenvalue weighted by atomic mass is 35.5. The summed E-state index contributed by atoms with van der Waals surface area (Å²) < 4.78 is 0. The fourth-order valence-electron chi connectivity index (χ4n) is 4.39. The minimum atomic E-state index is -0.830. The van der Waals surface area contributed by atoms with Gasteiger partial charge in [0.15, 0.2) is 0 Å². The number of halogens is 2. The Labute approximate surface area is 189 Å². The number of aromatic nitrogens is 1. The highest BCUT2D eigenvalue weighted by Crippen LogP contribution is 2.36. The summed E-state index contributed by atoms with van der Waals surface area (Å²) >= 11 is 0. The molecular formula is C22H28Cl2N4O2. The summed E-state index contributed by atoms with van der Waals surface area (Å²) in [6.07, 6.45) is 4.83. The van der Waals surface area contributed by atoms with Crippen LogP contribution in [0.3, 0.4) is 0 Å². The molecule has 0 aliphatic carbocycles. The third-order valence-electron chi connectivity index (χ3n) is 5.94. The van der Waals surface area contributed by atoms with Crippen LogP contribution in [-0.4, -0.2) is 40.5 Å². The third kappa shape index (κ3) is 4.94. The van der Waals surface area contributed by atoms with Crippen molar-refractivity contribution in [1.29, 1.82) is 0 Å². The molecule has 2 aliphatic rings. The van der Waals surface area contributed by atoms with E-state index in [4.69, 9.17) is 0 Å². The van der Waals surface area contributed by atoms with Gasteiger partial charge in [-0.05, 0) is 62.4 Å². The molecule has 1 aromatic carbocycles. The second kappa shape index (κ2) is 10.8. The second-order valence-electron chi connectivity index (χ2n) is 7.62. The predicted molar refractivity (Wildman–Crippen MR) is 121 cm³/mol. The Morgan fingerprint density at radius 1 is 1.00 bits per heavy atom. The van der Waals surface area contributed by atoms with Crippen molar-refractivity contribution in [3.63, 3.8) is 0 Å². The Hall–Kier alpha value is -2.15. The standard InChI is InChI=1S/C22H26N4O2.2ClH/c27-20-22(18-10-14-23-15-11-18,12-9-17-6-2-1-3-7-17)25-21(28)26(20)16-19-8-4-5-13-24-19;;/h1-8,13,18,23H,9-12,14-16H2,(H,25,28);2*1H. The molecule has 0 saturated carbocycles. The van der Waals surface area contributed by atoms with Crippen LogP contribution < -0.4 is 10.6 Å². The van der Waals surface area contributed by atoms with Crippen molar-refractivity contribution in [2.75, 3.05) is 13.1 Å². The number of nitrogens with one attached hydrogen (secondary N) is 2. The summed E-state index contributed by atoms with van der Waals surface area (Å²) in [5, 5.41) is 6.47. The first-order chi connectivity index (χ1) is 13.7. The molecule has 1 aromatic heterocycles. The highest BCUT2D eigenvalue weighted by Gasteiger charge is 2.55. The van der Waals surface area contributed by atoms with Gasteiger partial charge in [-0.1, -0.05) is 36.4 Å². The summed E-state index contributed by atoms with van der Waals surface area (Å²) in [5.74, 6) is 0.0358. The molecule has 2 N–H and O–H groups in total.